The van der Waals surface area contributed by atoms with Gasteiger partial charge in [-0.05, 0) is 42.0 Å². The average molecular weight is 474 g/mol. The van der Waals surface area contributed by atoms with Gasteiger partial charge in [-0.2, -0.15) is 10.4 Å². The van der Waals surface area contributed by atoms with Crippen molar-refractivity contribution in [1.29, 1.82) is 5.26 Å². The van der Waals surface area contributed by atoms with E-state index in [1.165, 1.54) is 12.1 Å². The fourth-order valence-electron chi connectivity index (χ4n) is 3.21. The highest BCUT2D eigenvalue weighted by Gasteiger charge is 2.16. The molecule has 0 spiro atoms. The lowest BCUT2D eigenvalue weighted by Gasteiger charge is -2.07. The molecule has 0 aliphatic heterocycles. The third kappa shape index (κ3) is 5.47. The second-order valence-corrected chi connectivity index (χ2v) is 7.95. The molecule has 2 heterocycles. The van der Waals surface area contributed by atoms with E-state index in [-0.39, 0.29) is 5.57 Å². The van der Waals surface area contributed by atoms with Gasteiger partial charge in [0.15, 0.2) is 0 Å². The van der Waals surface area contributed by atoms with Gasteiger partial charge in [-0.15, -0.1) is 0 Å². The summed E-state index contributed by atoms with van der Waals surface area (Å²) < 4.78 is 1.77. The fraction of sp³-hybridized carbons (Fsp3) is 0.0400. The number of benzene rings is 2. The summed E-state index contributed by atoms with van der Waals surface area (Å²) in [6.07, 6.45) is 6.66. The quantitative estimate of drug-likeness (QED) is 0.281. The molecule has 1 N–H and O–H groups in total. The summed E-state index contributed by atoms with van der Waals surface area (Å²) in [4.78, 5) is 17.0. The fourth-order valence-corrected chi connectivity index (χ4v) is 3.55. The van der Waals surface area contributed by atoms with E-state index in [9.17, 15) is 10.1 Å². The Morgan fingerprint density at radius 2 is 1.94 bits per heavy atom. The van der Waals surface area contributed by atoms with Crippen molar-refractivity contribution in [2.75, 3.05) is 5.32 Å². The number of nitrogens with zero attached hydrogens (tertiary/aromatic N) is 4. The molecule has 0 aliphatic carbocycles. The van der Waals surface area contributed by atoms with Crippen LogP contribution in [-0.4, -0.2) is 20.7 Å². The molecule has 0 saturated heterocycles. The number of hydrogen-bond acceptors (Lipinski definition) is 4. The Morgan fingerprint density at radius 1 is 1.12 bits per heavy atom. The highest BCUT2D eigenvalue weighted by molar-refractivity contribution is 6.36. The molecule has 33 heavy (non-hydrogen) atoms. The largest absolute Gasteiger partial charge is 0.320 e. The van der Waals surface area contributed by atoms with Crippen LogP contribution in [-0.2, 0) is 11.3 Å². The molecule has 0 fully saturated rings. The Morgan fingerprint density at radius 3 is 2.67 bits per heavy atom. The summed E-state index contributed by atoms with van der Waals surface area (Å²) in [5, 5.41) is 17.7. The third-order valence-corrected chi connectivity index (χ3v) is 5.32. The van der Waals surface area contributed by atoms with Crippen molar-refractivity contribution in [2.45, 2.75) is 6.54 Å². The van der Waals surface area contributed by atoms with Gasteiger partial charge in [0.25, 0.3) is 5.91 Å². The molecule has 0 atom stereocenters. The summed E-state index contributed by atoms with van der Waals surface area (Å²) in [7, 11) is 0. The summed E-state index contributed by atoms with van der Waals surface area (Å²) in [5.74, 6) is -0.602. The molecule has 4 rings (SSSR count). The second-order valence-electron chi connectivity index (χ2n) is 7.11. The number of hydrogen-bond donors (Lipinski definition) is 1. The maximum Gasteiger partial charge on any atom is 0.266 e. The lowest BCUT2D eigenvalue weighted by molar-refractivity contribution is -0.112. The predicted octanol–water partition coefficient (Wildman–Crippen LogP) is 5.85. The van der Waals surface area contributed by atoms with Crippen molar-refractivity contribution in [3.05, 3.63) is 106 Å². The van der Waals surface area contributed by atoms with E-state index in [0.717, 1.165) is 11.1 Å². The summed E-state index contributed by atoms with van der Waals surface area (Å²) in [6.45, 7) is 0.536. The second kappa shape index (κ2) is 10.1. The van der Waals surface area contributed by atoms with Crippen LogP contribution in [0.5, 0.6) is 0 Å². The Hall–Kier alpha value is -3.92. The van der Waals surface area contributed by atoms with Gasteiger partial charge in [0, 0.05) is 34.7 Å². The highest BCUT2D eigenvalue weighted by Crippen LogP contribution is 2.27. The lowest BCUT2D eigenvalue weighted by atomic mass is 10.1. The summed E-state index contributed by atoms with van der Waals surface area (Å²) in [6, 6.07) is 20.2. The third-order valence-electron chi connectivity index (χ3n) is 4.75. The molecule has 0 unspecified atom stereocenters. The number of nitrogens with one attached hydrogen (secondary N) is 1. The molecule has 0 radical (unpaired) electrons. The first-order valence-electron chi connectivity index (χ1n) is 9.93. The van der Waals surface area contributed by atoms with E-state index >= 15 is 0 Å². The summed E-state index contributed by atoms with van der Waals surface area (Å²) in [5.41, 5.74) is 3.29. The molecular weight excluding hydrogens is 457 g/mol. The zero-order valence-corrected chi connectivity index (χ0v) is 18.8. The number of carbonyl (C=O) groups excluding carboxylic acids is 1. The van der Waals surface area contributed by atoms with Crippen molar-refractivity contribution in [3.8, 4) is 17.3 Å². The molecule has 2 aromatic heterocycles. The van der Waals surface area contributed by atoms with E-state index < -0.39 is 5.91 Å². The molecule has 162 valence electrons. The Bertz CT molecular complexity index is 1360. The van der Waals surface area contributed by atoms with Crippen LogP contribution >= 0.6 is 23.2 Å². The Balaban J connectivity index is 1.70. The number of pyridine rings is 1. The predicted molar refractivity (Wildman–Crippen MR) is 130 cm³/mol. The Labute approximate surface area is 200 Å². The maximum absolute atomic E-state index is 12.8. The lowest BCUT2D eigenvalue weighted by Crippen LogP contribution is -2.13. The first-order valence-corrected chi connectivity index (χ1v) is 10.7. The van der Waals surface area contributed by atoms with E-state index in [2.05, 4.69) is 15.4 Å². The minimum Gasteiger partial charge on any atom is -0.320 e. The van der Waals surface area contributed by atoms with Crippen molar-refractivity contribution in [2.24, 2.45) is 0 Å². The van der Waals surface area contributed by atoms with Gasteiger partial charge in [-0.3, -0.25) is 14.5 Å². The smallest absolute Gasteiger partial charge is 0.266 e. The van der Waals surface area contributed by atoms with Gasteiger partial charge >= 0.3 is 0 Å². The van der Waals surface area contributed by atoms with Crippen LogP contribution in [0.15, 0.2) is 84.8 Å². The summed E-state index contributed by atoms with van der Waals surface area (Å²) >= 11 is 12.1. The van der Waals surface area contributed by atoms with Crippen LogP contribution in [0.3, 0.4) is 0 Å². The maximum atomic E-state index is 12.8. The average Bonchev–Trinajstić information content (AvgIpc) is 3.23. The van der Waals surface area contributed by atoms with Gasteiger partial charge in [0.1, 0.15) is 17.3 Å². The SMILES string of the molecule is N#C/C(=C\c1cn(Cc2ccccc2)nc1-c1cccnc1)C(=O)Nc1cc(Cl)ccc1Cl. The van der Waals surface area contributed by atoms with Gasteiger partial charge < -0.3 is 5.32 Å². The zero-order chi connectivity index (χ0) is 23.2. The van der Waals surface area contributed by atoms with Crippen LogP contribution in [0.2, 0.25) is 10.0 Å². The van der Waals surface area contributed by atoms with E-state index in [1.54, 1.807) is 41.5 Å². The van der Waals surface area contributed by atoms with Gasteiger partial charge in [-0.25, -0.2) is 0 Å². The van der Waals surface area contributed by atoms with Crippen molar-refractivity contribution in [3.63, 3.8) is 0 Å². The number of aromatic nitrogens is 3. The number of anilines is 1. The molecule has 6 nitrogen and oxygen atoms in total. The number of amides is 1. The molecular formula is C25H17Cl2N5O. The first-order chi connectivity index (χ1) is 16.0. The van der Waals surface area contributed by atoms with E-state index in [1.807, 2.05) is 42.5 Å². The molecule has 0 bridgehead atoms. The van der Waals surface area contributed by atoms with Crippen molar-refractivity contribution >= 4 is 40.9 Å². The van der Waals surface area contributed by atoms with Gasteiger partial charge in [0.05, 0.1) is 17.3 Å². The zero-order valence-electron chi connectivity index (χ0n) is 17.2. The van der Waals surface area contributed by atoms with Crippen LogP contribution < -0.4 is 5.32 Å². The minimum atomic E-state index is -0.602. The van der Waals surface area contributed by atoms with Gasteiger partial charge in [-0.1, -0.05) is 53.5 Å². The molecule has 8 heteroatoms. The first kappa shape index (κ1) is 22.3. The number of nitriles is 1. The molecule has 4 aromatic rings. The number of carbonyl (C=O) groups is 1. The topological polar surface area (TPSA) is 83.6 Å². The molecule has 0 saturated carbocycles. The van der Waals surface area contributed by atoms with E-state index in [0.29, 0.717) is 33.5 Å². The van der Waals surface area contributed by atoms with Crippen molar-refractivity contribution < 1.29 is 4.79 Å². The minimum absolute atomic E-state index is 0.101. The van der Waals surface area contributed by atoms with Crippen LogP contribution in [0.4, 0.5) is 5.69 Å². The molecule has 0 aliphatic rings. The van der Waals surface area contributed by atoms with Gasteiger partial charge in [0.2, 0.25) is 0 Å². The normalized spacial score (nSPS) is 11.1. The van der Waals surface area contributed by atoms with Crippen LogP contribution in [0, 0.1) is 11.3 Å². The molecule has 2 aromatic carbocycles. The van der Waals surface area contributed by atoms with E-state index in [4.69, 9.17) is 23.2 Å². The highest BCUT2D eigenvalue weighted by atomic mass is 35.5. The standard InChI is InChI=1S/C25H17Cl2N5O/c26-21-8-9-22(27)23(12-21)30-25(33)19(13-28)11-20-16-32(15-17-5-2-1-3-6-17)31-24(20)18-7-4-10-29-14-18/h1-12,14,16H,15H2,(H,30,33)/b19-11+. The number of rotatable bonds is 6. The Kier molecular flexibility index (Phi) is 6.84. The number of halogens is 2. The van der Waals surface area contributed by atoms with Crippen LogP contribution in [0.25, 0.3) is 17.3 Å². The van der Waals surface area contributed by atoms with Crippen LogP contribution in [0.1, 0.15) is 11.1 Å². The van der Waals surface area contributed by atoms with Crippen molar-refractivity contribution in [1.82, 2.24) is 14.8 Å². The molecule has 1 amide bonds. The monoisotopic (exact) mass is 473 g/mol.